The van der Waals surface area contributed by atoms with Crippen molar-refractivity contribution >= 4 is 63.8 Å². The molecule has 0 amide bonds. The Kier molecular flexibility index (Phi) is 5.61. The van der Waals surface area contributed by atoms with Crippen molar-refractivity contribution in [3.63, 3.8) is 0 Å². The number of hydrogen-bond acceptors (Lipinski definition) is 0. The molecule has 0 unspecified atom stereocenters. The van der Waals surface area contributed by atoms with Crippen molar-refractivity contribution in [2.24, 2.45) is 0 Å². The van der Waals surface area contributed by atoms with Crippen molar-refractivity contribution in [2.45, 2.75) is 0 Å². The molecular formula is CHBi4. The van der Waals surface area contributed by atoms with Gasteiger partial charge in [0, 0.05) is 0 Å². The van der Waals surface area contributed by atoms with E-state index >= 15 is 0 Å². The molecule has 25 valence electrons. The molecule has 1 aliphatic rings. The van der Waals surface area contributed by atoms with Gasteiger partial charge in [-0.3, -0.25) is 0 Å². The molecule has 5 heavy (non-hydrogen) atoms. The predicted molar refractivity (Wildman–Crippen MR) is 29.4 cm³/mol. The van der Waals surface area contributed by atoms with Crippen LogP contribution < -0.4 is 0 Å². The Balaban J connectivity index is 2.61. The van der Waals surface area contributed by atoms with Crippen molar-refractivity contribution < 1.29 is 0 Å². The third kappa shape index (κ3) is 3.06. The van der Waals surface area contributed by atoms with E-state index < -0.39 is 0 Å². The van der Waals surface area contributed by atoms with Crippen LogP contribution in [0.4, 0.5) is 0 Å². The van der Waals surface area contributed by atoms with E-state index in [9.17, 15) is 0 Å². The van der Waals surface area contributed by atoms with Crippen LogP contribution in [0.1, 0.15) is 0 Å². The van der Waals surface area contributed by atoms with Crippen LogP contribution in [-0.2, 0) is 0 Å². The minimum atomic E-state index is 0.252. The molecule has 0 bridgehead atoms. The van der Waals surface area contributed by atoms with Crippen LogP contribution in [-0.4, -0.2) is 63.8 Å². The summed E-state index contributed by atoms with van der Waals surface area (Å²) in [5, 5.41) is 0. The second-order valence-corrected chi connectivity index (χ2v) is 153. The van der Waals surface area contributed by atoms with Gasteiger partial charge in [-0.15, -0.1) is 0 Å². The summed E-state index contributed by atoms with van der Waals surface area (Å²) in [7, 11) is 0. The van der Waals surface area contributed by atoms with Crippen LogP contribution in [0.15, 0.2) is 0 Å². The first kappa shape index (κ1) is 6.52. The van der Waals surface area contributed by atoms with E-state index in [0.717, 1.165) is 0 Å². The molecule has 1 rings (SSSR count). The second kappa shape index (κ2) is 4.30. The van der Waals surface area contributed by atoms with Crippen LogP contribution in [0.3, 0.4) is 0 Å². The van der Waals surface area contributed by atoms with Crippen molar-refractivity contribution in [1.82, 2.24) is 0 Å². The fraction of sp³-hybridized carbons (Fsp3) is 0. The van der Waals surface area contributed by atoms with Gasteiger partial charge in [-0.1, -0.05) is 0 Å². The molecule has 0 saturated heterocycles. The van der Waals surface area contributed by atoms with E-state index in [1.807, 2.05) is 0 Å². The first-order valence-electron chi connectivity index (χ1n) is 1.10. The fourth-order valence-corrected chi connectivity index (χ4v) is 663. The molecule has 0 atom stereocenters. The monoisotopic (exact) mass is 849 g/mol. The van der Waals surface area contributed by atoms with Crippen LogP contribution in [0, 0.1) is 0 Å². The average molecular weight is 849 g/mol. The zero-order valence-corrected chi connectivity index (χ0v) is 16.7. The van der Waals surface area contributed by atoms with Gasteiger partial charge < -0.3 is 0 Å². The standard InChI is InChI=1S/C.4Bi.H. The Morgan fingerprint density at radius 2 is 2.60 bits per heavy atom. The van der Waals surface area contributed by atoms with Gasteiger partial charge in [0.15, 0.2) is 0 Å². The molecule has 0 aromatic heterocycles. The quantitative estimate of drug-likeness (QED) is 0.247. The summed E-state index contributed by atoms with van der Waals surface area (Å²) >= 11 is 1.80. The average Bonchev–Trinajstić information content (AvgIpc) is 1.76. The minimum absolute atomic E-state index is 0.252. The Hall–Kier alpha value is 3.40. The third-order valence-corrected chi connectivity index (χ3v) is 397. The van der Waals surface area contributed by atoms with E-state index in [1.165, 1.54) is 0 Å². The molecule has 0 nitrogen and oxygen atoms in total. The summed E-state index contributed by atoms with van der Waals surface area (Å²) < 4.78 is 3.76. The molecule has 4 heteroatoms. The zero-order valence-electron chi connectivity index (χ0n) is 2.34. The fourth-order valence-electron chi connectivity index (χ4n) is 0.112. The summed E-state index contributed by atoms with van der Waals surface area (Å²) in [6, 6.07) is 0. The van der Waals surface area contributed by atoms with Crippen molar-refractivity contribution in [2.75, 3.05) is 0 Å². The van der Waals surface area contributed by atoms with Gasteiger partial charge >= 0.3 is 63.8 Å². The van der Waals surface area contributed by atoms with E-state index in [-0.39, 0.29) is 18.4 Å². The zero-order chi connectivity index (χ0) is 3.54. The molecule has 0 N–H and O–H groups in total. The molecular weight excluding hydrogens is 848 g/mol. The second-order valence-electron chi connectivity index (χ2n) is 0.513. The number of hydrogen-bond donors (Lipinski definition) is 0. The van der Waals surface area contributed by atoms with Crippen LogP contribution >= 0.6 is 0 Å². The molecule has 1 heterocycles. The Bertz CT molecular complexity index is 61.7. The van der Waals surface area contributed by atoms with E-state index in [4.69, 9.17) is 0 Å². The molecule has 0 aromatic carbocycles. The summed E-state index contributed by atoms with van der Waals surface area (Å²) in [5.74, 6) is 0. The van der Waals surface area contributed by atoms with Crippen LogP contribution in [0.25, 0.3) is 0 Å². The van der Waals surface area contributed by atoms with Gasteiger partial charge in [0.2, 0.25) is 0 Å². The maximum atomic E-state index is 3.76. The molecule has 0 saturated carbocycles. The Morgan fingerprint density at radius 3 is 2.80 bits per heavy atom. The van der Waals surface area contributed by atoms with Crippen molar-refractivity contribution in [1.29, 1.82) is 0 Å². The maximum absolute atomic E-state index is 3.76. The Morgan fingerprint density at radius 1 is 1.60 bits per heavy atom. The Labute approximate surface area is 61.3 Å². The van der Waals surface area contributed by atoms with Gasteiger partial charge in [-0.2, -0.15) is 0 Å². The van der Waals surface area contributed by atoms with Gasteiger partial charge in [0.25, 0.3) is 0 Å². The molecule has 0 aliphatic carbocycles. The van der Waals surface area contributed by atoms with Crippen LogP contribution in [0.5, 0.6) is 0 Å². The van der Waals surface area contributed by atoms with Gasteiger partial charge in [0.05, 0.1) is 0 Å². The van der Waals surface area contributed by atoms with Gasteiger partial charge in [-0.05, 0) is 0 Å². The summed E-state index contributed by atoms with van der Waals surface area (Å²) in [6.07, 6.45) is 0. The third-order valence-electron chi connectivity index (χ3n) is 0.239. The van der Waals surface area contributed by atoms with Crippen LogP contribution in [0.2, 0.25) is 0 Å². The molecule has 1 aliphatic heterocycles. The van der Waals surface area contributed by atoms with E-state index in [2.05, 4.69) is 1.42 Å². The summed E-state index contributed by atoms with van der Waals surface area (Å²) in [4.78, 5) is 0. The molecule has 1 radical (unpaired) electrons. The SMILES string of the molecule is [C]1=[Bi][Bi]=[Bi][BiH]1. The molecule has 0 spiro atoms. The van der Waals surface area contributed by atoms with Gasteiger partial charge in [0.1, 0.15) is 0 Å². The predicted octanol–water partition coefficient (Wildman–Crippen LogP) is -2.07. The topological polar surface area (TPSA) is 0 Å². The van der Waals surface area contributed by atoms with E-state index in [0.29, 0.717) is 43.9 Å². The van der Waals surface area contributed by atoms with Crippen molar-refractivity contribution in [3.8, 4) is 0 Å². The normalized spacial score (nSPS) is 17.6. The summed E-state index contributed by atoms with van der Waals surface area (Å²) in [5.41, 5.74) is 0. The van der Waals surface area contributed by atoms with Gasteiger partial charge in [-0.25, -0.2) is 0 Å². The first-order chi connectivity index (χ1) is 2.50. The van der Waals surface area contributed by atoms with E-state index in [1.54, 1.807) is 0 Å². The summed E-state index contributed by atoms with van der Waals surface area (Å²) in [6.45, 7) is 0. The molecule has 0 fully saturated rings. The number of rotatable bonds is 0. The first-order valence-corrected chi connectivity index (χ1v) is 52.2. The molecule has 0 aromatic rings. The van der Waals surface area contributed by atoms with Crippen molar-refractivity contribution in [3.05, 3.63) is 0 Å².